The lowest BCUT2D eigenvalue weighted by atomic mass is 10.1. The minimum absolute atomic E-state index is 0.197. The van der Waals surface area contributed by atoms with Crippen molar-refractivity contribution in [2.45, 2.75) is 4.90 Å². The van der Waals surface area contributed by atoms with E-state index in [1.165, 1.54) is 40.5 Å². The molecule has 7 heteroatoms. The number of hydrogen-bond acceptors (Lipinski definition) is 6. The number of rotatable bonds is 5. The smallest absolute Gasteiger partial charge is 0.261 e. The molecule has 0 amide bonds. The van der Waals surface area contributed by atoms with Gasteiger partial charge in [0.15, 0.2) is 10.8 Å². The van der Waals surface area contributed by atoms with Gasteiger partial charge >= 0.3 is 0 Å². The van der Waals surface area contributed by atoms with Crippen molar-refractivity contribution >= 4 is 56.5 Å². The molecule has 0 aromatic carbocycles. The van der Waals surface area contributed by atoms with Crippen LogP contribution >= 0.6 is 34.4 Å². The van der Waals surface area contributed by atoms with Gasteiger partial charge < -0.3 is 9.72 Å². The molecule has 0 saturated carbocycles. The summed E-state index contributed by atoms with van der Waals surface area (Å²) in [6.07, 6.45) is 5.02. The van der Waals surface area contributed by atoms with Crippen molar-refractivity contribution in [2.24, 2.45) is 0 Å². The predicted octanol–water partition coefficient (Wildman–Crippen LogP) is 4.28. The van der Waals surface area contributed by atoms with Crippen molar-refractivity contribution in [1.82, 2.24) is 4.98 Å². The van der Waals surface area contributed by atoms with Crippen molar-refractivity contribution in [3.8, 4) is 5.06 Å². The number of allylic oxidation sites excluding steroid dienone is 1. The summed E-state index contributed by atoms with van der Waals surface area (Å²) in [6.45, 7) is 0. The number of aromatic nitrogens is 1. The number of ether oxygens (including phenoxy) is 1. The van der Waals surface area contributed by atoms with E-state index in [1.54, 1.807) is 13.2 Å². The number of thiophene rings is 2. The van der Waals surface area contributed by atoms with Crippen molar-refractivity contribution < 1.29 is 9.53 Å². The predicted molar refractivity (Wildman–Crippen MR) is 98.5 cm³/mol. The molecule has 0 aliphatic heterocycles. The molecule has 23 heavy (non-hydrogen) atoms. The van der Waals surface area contributed by atoms with Crippen molar-refractivity contribution in [1.29, 1.82) is 0 Å². The minimum atomic E-state index is -0.345. The highest BCUT2D eigenvalue weighted by molar-refractivity contribution is 7.99. The zero-order valence-corrected chi connectivity index (χ0v) is 14.9. The van der Waals surface area contributed by atoms with Gasteiger partial charge in [-0.2, -0.15) is 0 Å². The number of fused-ring (bicyclic) bond motifs is 1. The molecule has 0 atom stereocenters. The van der Waals surface area contributed by atoms with Crippen LogP contribution in [-0.4, -0.2) is 24.1 Å². The Kier molecular flexibility index (Phi) is 4.70. The third kappa shape index (κ3) is 3.12. The van der Waals surface area contributed by atoms with Crippen LogP contribution in [0.5, 0.6) is 5.06 Å². The number of H-pyrrole nitrogens is 1. The molecule has 1 N–H and O–H groups in total. The lowest BCUT2D eigenvalue weighted by molar-refractivity contribution is 0.104. The Balaban J connectivity index is 2.00. The number of aromatic amines is 1. The molecule has 3 heterocycles. The lowest BCUT2D eigenvalue weighted by Crippen LogP contribution is -2.17. The van der Waals surface area contributed by atoms with E-state index in [2.05, 4.69) is 4.98 Å². The molecule has 0 radical (unpaired) electrons. The van der Waals surface area contributed by atoms with E-state index in [-0.39, 0.29) is 16.9 Å². The molecule has 0 saturated heterocycles. The summed E-state index contributed by atoms with van der Waals surface area (Å²) in [5.74, 6) is -0.295. The van der Waals surface area contributed by atoms with Gasteiger partial charge in [-0.3, -0.25) is 9.59 Å². The quantitative estimate of drug-likeness (QED) is 0.418. The van der Waals surface area contributed by atoms with Gasteiger partial charge in [0, 0.05) is 15.2 Å². The second kappa shape index (κ2) is 6.74. The first-order chi connectivity index (χ1) is 11.1. The summed E-state index contributed by atoms with van der Waals surface area (Å²) in [7, 11) is 1.60. The Hall–Kier alpha value is -1.83. The molecule has 0 aliphatic rings. The molecule has 0 unspecified atom stereocenters. The normalized spacial score (nSPS) is 11.4. The molecular formula is C16H13NO3S3. The summed E-state index contributed by atoms with van der Waals surface area (Å²) < 4.78 is 5.12. The lowest BCUT2D eigenvalue weighted by Gasteiger charge is -2.04. The van der Waals surface area contributed by atoms with E-state index >= 15 is 0 Å². The molecule has 118 valence electrons. The SMILES string of the molecule is COc1ccc(C=CC(=O)c2c(SC)c3ccsc3[nH]c2=O)s1. The third-order valence-electron chi connectivity index (χ3n) is 3.24. The first-order valence-electron chi connectivity index (χ1n) is 6.67. The maximum absolute atomic E-state index is 12.5. The van der Waals surface area contributed by atoms with E-state index in [0.717, 1.165) is 25.1 Å². The fourth-order valence-electron chi connectivity index (χ4n) is 2.20. The summed E-state index contributed by atoms with van der Waals surface area (Å²) in [4.78, 5) is 30.0. The molecular weight excluding hydrogens is 350 g/mol. The molecule has 3 aromatic rings. The second-order valence-corrected chi connectivity index (χ2v) is 7.39. The van der Waals surface area contributed by atoms with Crippen LogP contribution in [-0.2, 0) is 0 Å². The standard InChI is InChI=1S/C16H13NO3S3/c1-20-12-6-4-9(23-12)3-5-11(18)13-14(21-2)10-7-8-22-16(10)17-15(13)19/h3-8H,1-2H3,(H,17,19). The summed E-state index contributed by atoms with van der Waals surface area (Å²) in [5.41, 5.74) is -0.147. The number of thioether (sulfide) groups is 1. The van der Waals surface area contributed by atoms with Gasteiger partial charge in [-0.25, -0.2) is 0 Å². The van der Waals surface area contributed by atoms with E-state index in [1.807, 2.05) is 29.8 Å². The molecule has 4 nitrogen and oxygen atoms in total. The Morgan fingerprint density at radius 2 is 2.17 bits per heavy atom. The number of nitrogens with one attached hydrogen (secondary N) is 1. The van der Waals surface area contributed by atoms with E-state index < -0.39 is 0 Å². The van der Waals surface area contributed by atoms with Crippen molar-refractivity contribution in [3.63, 3.8) is 0 Å². The number of carbonyl (C=O) groups excluding carboxylic acids is 1. The van der Waals surface area contributed by atoms with E-state index in [9.17, 15) is 9.59 Å². The Morgan fingerprint density at radius 3 is 2.87 bits per heavy atom. The average Bonchev–Trinajstić information content (AvgIpc) is 3.19. The number of carbonyl (C=O) groups is 1. The summed E-state index contributed by atoms with van der Waals surface area (Å²) >= 11 is 4.31. The van der Waals surface area contributed by atoms with Gasteiger partial charge in [0.2, 0.25) is 0 Å². The number of ketones is 1. The highest BCUT2D eigenvalue weighted by Crippen LogP contribution is 2.30. The van der Waals surface area contributed by atoms with Gasteiger partial charge in [0.05, 0.1) is 7.11 Å². The molecule has 0 aliphatic carbocycles. The van der Waals surface area contributed by atoms with Crippen LogP contribution in [0.1, 0.15) is 15.2 Å². The Labute approximate surface area is 144 Å². The topological polar surface area (TPSA) is 59.2 Å². The average molecular weight is 363 g/mol. The van der Waals surface area contributed by atoms with Crippen LogP contribution in [0.25, 0.3) is 16.3 Å². The van der Waals surface area contributed by atoms with Crippen LogP contribution in [0.4, 0.5) is 0 Å². The van der Waals surface area contributed by atoms with Crippen molar-refractivity contribution in [2.75, 3.05) is 13.4 Å². The molecule has 3 rings (SSSR count). The zero-order chi connectivity index (χ0) is 16.4. The van der Waals surface area contributed by atoms with Crippen molar-refractivity contribution in [3.05, 3.63) is 50.4 Å². The number of pyridine rings is 1. The minimum Gasteiger partial charge on any atom is -0.487 e. The van der Waals surface area contributed by atoms with E-state index in [0.29, 0.717) is 0 Å². The molecule has 0 spiro atoms. The first kappa shape index (κ1) is 16.0. The zero-order valence-electron chi connectivity index (χ0n) is 12.4. The van der Waals surface area contributed by atoms with Crippen LogP contribution < -0.4 is 10.3 Å². The van der Waals surface area contributed by atoms with Gasteiger partial charge in [0.1, 0.15) is 10.4 Å². The van der Waals surface area contributed by atoms with Gasteiger partial charge in [-0.05, 0) is 42.0 Å². The second-order valence-electron chi connectivity index (χ2n) is 4.58. The largest absolute Gasteiger partial charge is 0.487 e. The van der Waals surface area contributed by atoms with Crippen LogP contribution in [0.15, 0.2) is 39.3 Å². The number of hydrogen-bond donors (Lipinski definition) is 1. The Bertz CT molecular complexity index is 949. The maximum atomic E-state index is 12.5. The maximum Gasteiger partial charge on any atom is 0.261 e. The van der Waals surface area contributed by atoms with Gasteiger partial charge in [0.25, 0.3) is 5.56 Å². The third-order valence-corrected chi connectivity index (χ3v) is 5.92. The highest BCUT2D eigenvalue weighted by atomic mass is 32.2. The first-order valence-corrected chi connectivity index (χ1v) is 9.60. The van der Waals surface area contributed by atoms with Gasteiger partial charge in [-0.1, -0.05) is 11.3 Å². The monoisotopic (exact) mass is 363 g/mol. The Morgan fingerprint density at radius 1 is 1.35 bits per heavy atom. The fourth-order valence-corrected chi connectivity index (χ4v) is 4.56. The van der Waals surface area contributed by atoms with Gasteiger partial charge in [-0.15, -0.1) is 23.1 Å². The summed E-state index contributed by atoms with van der Waals surface area (Å²) in [5, 5.41) is 3.60. The highest BCUT2D eigenvalue weighted by Gasteiger charge is 2.17. The van der Waals surface area contributed by atoms with Crippen LogP contribution in [0.3, 0.4) is 0 Å². The fraction of sp³-hybridized carbons (Fsp3) is 0.125. The summed E-state index contributed by atoms with van der Waals surface area (Å²) in [6, 6.07) is 5.63. The van der Waals surface area contributed by atoms with Crippen LogP contribution in [0, 0.1) is 0 Å². The molecule has 0 bridgehead atoms. The molecule has 3 aromatic heterocycles. The number of methoxy groups -OCH3 is 1. The van der Waals surface area contributed by atoms with E-state index in [4.69, 9.17) is 4.74 Å². The molecule has 0 fully saturated rings. The van der Waals surface area contributed by atoms with Crippen LogP contribution in [0.2, 0.25) is 0 Å².